The number of nitrogens with two attached hydrogens (primary N) is 1. The molecule has 0 aliphatic heterocycles. The molecule has 0 fully saturated rings. The quantitative estimate of drug-likeness (QED) is 0.426. The van der Waals surface area contributed by atoms with Crippen molar-refractivity contribution in [1.82, 2.24) is 0 Å². The summed E-state index contributed by atoms with van der Waals surface area (Å²) < 4.78 is 11.3. The van der Waals surface area contributed by atoms with E-state index in [4.69, 9.17) is 14.7 Å². The molecule has 2 N–H and O–H groups in total. The van der Waals surface area contributed by atoms with Gasteiger partial charge < -0.3 is 14.7 Å². The lowest BCUT2D eigenvalue weighted by molar-refractivity contribution is 0.536. The lowest BCUT2D eigenvalue weighted by Gasteiger charge is -2.06. The average Bonchev–Trinajstić information content (AvgIpc) is 2.93. The highest BCUT2D eigenvalue weighted by Crippen LogP contribution is 2.32. The van der Waals surface area contributed by atoms with E-state index in [1.807, 2.05) is 37.3 Å². The Morgan fingerprint density at radius 2 is 1.77 bits per heavy atom. The maximum atomic E-state index is 5.74. The summed E-state index contributed by atoms with van der Waals surface area (Å²) in [6.45, 7) is 2.03. The zero-order valence-corrected chi connectivity index (χ0v) is 12.0. The molecule has 4 rings (SSSR count). The van der Waals surface area contributed by atoms with Crippen LogP contribution in [0.2, 0.25) is 0 Å². The Balaban J connectivity index is 2.17. The van der Waals surface area contributed by atoms with E-state index < -0.39 is 0 Å². The third kappa shape index (κ3) is 1.89. The number of nitrogens with zero attached hydrogens (tertiary/aromatic N) is 1. The van der Waals surface area contributed by atoms with Gasteiger partial charge in [0.15, 0.2) is 0 Å². The highest BCUT2D eigenvalue weighted by molar-refractivity contribution is 6.01. The van der Waals surface area contributed by atoms with E-state index in [1.165, 1.54) is 0 Å². The summed E-state index contributed by atoms with van der Waals surface area (Å²) in [5.74, 6) is 5.41. The van der Waals surface area contributed by atoms with Crippen LogP contribution in [-0.4, -0.2) is 0 Å². The van der Waals surface area contributed by atoms with Crippen molar-refractivity contribution < 1.29 is 8.83 Å². The van der Waals surface area contributed by atoms with Crippen LogP contribution in [0.1, 0.15) is 5.56 Å². The van der Waals surface area contributed by atoms with Gasteiger partial charge in [-0.05, 0) is 29.7 Å². The predicted octanol–water partition coefficient (Wildman–Crippen LogP) is 3.93. The first-order chi connectivity index (χ1) is 10.8. The molecule has 2 aromatic heterocycles. The van der Waals surface area contributed by atoms with Crippen molar-refractivity contribution >= 4 is 21.9 Å². The van der Waals surface area contributed by atoms with Crippen molar-refractivity contribution in [3.8, 4) is 11.1 Å². The van der Waals surface area contributed by atoms with E-state index in [0.717, 1.165) is 33.0 Å². The molecule has 0 amide bonds. The molecule has 108 valence electrons. The molecular weight excluding hydrogens is 276 g/mol. The molecule has 0 atom stereocenters. The highest BCUT2D eigenvalue weighted by Gasteiger charge is 2.11. The van der Waals surface area contributed by atoms with E-state index in [1.54, 1.807) is 6.26 Å². The molecule has 0 unspecified atom stereocenters. The fourth-order valence-corrected chi connectivity index (χ4v) is 2.74. The molecule has 0 spiro atoms. The van der Waals surface area contributed by atoms with Gasteiger partial charge in [0.25, 0.3) is 0 Å². The topological polar surface area (TPSA) is 64.7 Å². The summed E-state index contributed by atoms with van der Waals surface area (Å²) >= 11 is 0. The molecule has 0 aliphatic rings. The average molecular weight is 290 g/mol. The highest BCUT2D eigenvalue weighted by atomic mass is 16.3. The maximum Gasteiger partial charge on any atom is 0.236 e. The summed E-state index contributed by atoms with van der Waals surface area (Å²) in [6.07, 6.45) is 1.75. The fraction of sp³-hybridized carbons (Fsp3) is 0.0556. The van der Waals surface area contributed by atoms with Crippen LogP contribution in [0.25, 0.3) is 33.1 Å². The van der Waals surface area contributed by atoms with Gasteiger partial charge in [-0.3, -0.25) is 0 Å². The van der Waals surface area contributed by atoms with Crippen LogP contribution in [0.5, 0.6) is 0 Å². The van der Waals surface area contributed by atoms with E-state index in [9.17, 15) is 0 Å². The molecule has 0 aliphatic carbocycles. The lowest BCUT2D eigenvalue weighted by atomic mass is 10.0. The minimum absolute atomic E-state index is 0.383. The molecular formula is C18H14N2O2. The Labute approximate surface area is 126 Å². The second-order valence-corrected chi connectivity index (χ2v) is 5.26. The number of aryl methyl sites for hydroxylation is 1. The van der Waals surface area contributed by atoms with E-state index in [0.29, 0.717) is 11.1 Å². The molecule has 22 heavy (non-hydrogen) atoms. The first-order valence-electron chi connectivity index (χ1n) is 7.01. The van der Waals surface area contributed by atoms with Crippen molar-refractivity contribution in [2.75, 3.05) is 0 Å². The van der Waals surface area contributed by atoms with Crippen molar-refractivity contribution in [3.63, 3.8) is 0 Å². The number of benzene rings is 2. The molecule has 0 bridgehead atoms. The normalized spacial score (nSPS) is 12.3. The van der Waals surface area contributed by atoms with Gasteiger partial charge in [-0.15, -0.1) is 5.10 Å². The largest absolute Gasteiger partial charge is 0.464 e. The second-order valence-electron chi connectivity index (χ2n) is 5.26. The molecule has 2 heterocycles. The van der Waals surface area contributed by atoms with Crippen molar-refractivity contribution in [3.05, 3.63) is 65.9 Å². The van der Waals surface area contributed by atoms with Crippen LogP contribution in [-0.2, 0) is 0 Å². The zero-order valence-electron chi connectivity index (χ0n) is 12.0. The summed E-state index contributed by atoms with van der Waals surface area (Å²) in [7, 11) is 0. The summed E-state index contributed by atoms with van der Waals surface area (Å²) in [5, 5.41) is 5.79. The molecule has 4 aromatic rings. The Morgan fingerprint density at radius 1 is 0.955 bits per heavy atom. The molecule has 2 aromatic carbocycles. The maximum absolute atomic E-state index is 5.74. The monoisotopic (exact) mass is 290 g/mol. The minimum Gasteiger partial charge on any atom is -0.464 e. The summed E-state index contributed by atoms with van der Waals surface area (Å²) in [4.78, 5) is 0. The van der Waals surface area contributed by atoms with Crippen LogP contribution >= 0.6 is 0 Å². The first-order valence-corrected chi connectivity index (χ1v) is 7.01. The third-order valence-electron chi connectivity index (χ3n) is 3.85. The van der Waals surface area contributed by atoms with Crippen LogP contribution in [0, 0.1) is 6.92 Å². The number of hydrogen-bond donors (Lipinski definition) is 1. The zero-order chi connectivity index (χ0) is 15.1. The first kappa shape index (κ1) is 12.7. The number of furan rings is 1. The van der Waals surface area contributed by atoms with Gasteiger partial charge in [-0.1, -0.05) is 30.3 Å². The van der Waals surface area contributed by atoms with Crippen molar-refractivity contribution in [1.29, 1.82) is 0 Å². The number of rotatable bonds is 1. The molecule has 0 saturated carbocycles. The van der Waals surface area contributed by atoms with Gasteiger partial charge in [-0.2, -0.15) is 0 Å². The fourth-order valence-electron chi connectivity index (χ4n) is 2.74. The SMILES string of the molecule is Cc1coc2cc3oc(=NN)cc(-c4ccccc4)c3cc12. The van der Waals surface area contributed by atoms with Crippen LogP contribution < -0.4 is 11.4 Å². The van der Waals surface area contributed by atoms with E-state index in [-0.39, 0.29) is 0 Å². The smallest absolute Gasteiger partial charge is 0.236 e. The third-order valence-corrected chi connectivity index (χ3v) is 3.85. The van der Waals surface area contributed by atoms with Crippen LogP contribution in [0.4, 0.5) is 0 Å². The predicted molar refractivity (Wildman–Crippen MR) is 85.9 cm³/mol. The van der Waals surface area contributed by atoms with Gasteiger partial charge in [-0.25, -0.2) is 0 Å². The summed E-state index contributed by atoms with van der Waals surface area (Å²) in [5.41, 5.74) is 5.11. The van der Waals surface area contributed by atoms with E-state index in [2.05, 4.69) is 23.3 Å². The van der Waals surface area contributed by atoms with Crippen molar-refractivity contribution in [2.24, 2.45) is 10.9 Å². The minimum atomic E-state index is 0.383. The van der Waals surface area contributed by atoms with Gasteiger partial charge in [0.2, 0.25) is 5.55 Å². The Hall–Kier alpha value is -3.01. The Bertz CT molecular complexity index is 1040. The molecule has 4 heteroatoms. The molecule has 4 nitrogen and oxygen atoms in total. The van der Waals surface area contributed by atoms with Crippen molar-refractivity contribution in [2.45, 2.75) is 6.92 Å². The molecule has 0 radical (unpaired) electrons. The van der Waals surface area contributed by atoms with Gasteiger partial charge in [0, 0.05) is 22.9 Å². The number of hydrogen-bond acceptors (Lipinski definition) is 4. The Kier molecular flexibility index (Phi) is 2.76. The van der Waals surface area contributed by atoms with Gasteiger partial charge in [0.1, 0.15) is 11.2 Å². The molecule has 0 saturated heterocycles. The van der Waals surface area contributed by atoms with Crippen LogP contribution in [0.3, 0.4) is 0 Å². The standard InChI is InChI=1S/C18H14N2O2/c1-11-10-21-16-9-17-15(7-13(11)16)14(8-18(20-19)22-17)12-5-3-2-4-6-12/h2-10H,19H2,1H3. The number of fused-ring (bicyclic) bond motifs is 2. The van der Waals surface area contributed by atoms with Gasteiger partial charge in [0.05, 0.1) is 6.26 Å². The van der Waals surface area contributed by atoms with E-state index >= 15 is 0 Å². The van der Waals surface area contributed by atoms with Gasteiger partial charge >= 0.3 is 0 Å². The van der Waals surface area contributed by atoms with Crippen LogP contribution in [0.15, 0.2) is 68.7 Å². The second kappa shape index (κ2) is 4.77. The Morgan fingerprint density at radius 3 is 2.55 bits per heavy atom. The lowest BCUT2D eigenvalue weighted by Crippen LogP contribution is -2.05. The summed E-state index contributed by atoms with van der Waals surface area (Å²) in [6, 6.07) is 16.0.